The zero-order chi connectivity index (χ0) is 16.8. The molecule has 0 radical (unpaired) electrons. The van der Waals surface area contributed by atoms with Gasteiger partial charge in [-0.2, -0.15) is 0 Å². The molecule has 2 amide bonds. The number of H-pyrrole nitrogens is 1. The van der Waals surface area contributed by atoms with Crippen molar-refractivity contribution in [1.29, 1.82) is 0 Å². The van der Waals surface area contributed by atoms with Crippen LogP contribution >= 0.6 is 0 Å². The van der Waals surface area contributed by atoms with Gasteiger partial charge in [0.2, 0.25) is 5.91 Å². The molecule has 0 atom stereocenters. The van der Waals surface area contributed by atoms with Gasteiger partial charge in [-0.05, 0) is 41.6 Å². The lowest BCUT2D eigenvalue weighted by atomic mass is 10.1. The molecule has 0 saturated carbocycles. The number of hydrogen-bond donors (Lipinski definition) is 3. The maximum absolute atomic E-state index is 11.8. The van der Waals surface area contributed by atoms with Crippen molar-refractivity contribution in [2.24, 2.45) is 0 Å². The summed E-state index contributed by atoms with van der Waals surface area (Å²) in [6.07, 6.45) is 2.65. The summed E-state index contributed by atoms with van der Waals surface area (Å²) in [5.74, 6) is -0.442. The second-order valence-corrected chi connectivity index (χ2v) is 5.55. The number of amides is 2. The van der Waals surface area contributed by atoms with Gasteiger partial charge in [0.05, 0.1) is 6.54 Å². The summed E-state index contributed by atoms with van der Waals surface area (Å²) in [7, 11) is 0. The molecule has 0 bridgehead atoms. The fourth-order valence-corrected chi connectivity index (χ4v) is 2.51. The first-order valence-electron chi connectivity index (χ1n) is 7.88. The molecule has 5 nitrogen and oxygen atoms in total. The lowest BCUT2D eigenvalue weighted by Crippen LogP contribution is -2.37. The highest BCUT2D eigenvalue weighted by atomic mass is 16.2. The molecule has 0 unspecified atom stereocenters. The predicted octanol–water partition coefficient (Wildman–Crippen LogP) is 2.26. The SMILES string of the molecule is O=C(CNC(=O)c1ccccc1)NCCc1ccc2cc[nH]c2c1. The number of aromatic nitrogens is 1. The van der Waals surface area contributed by atoms with Crippen LogP contribution in [-0.2, 0) is 11.2 Å². The van der Waals surface area contributed by atoms with Crippen molar-refractivity contribution in [3.05, 3.63) is 71.9 Å². The van der Waals surface area contributed by atoms with Crippen LogP contribution in [0.2, 0.25) is 0 Å². The van der Waals surface area contributed by atoms with Crippen molar-refractivity contribution < 1.29 is 9.59 Å². The molecule has 0 fully saturated rings. The third-order valence-electron chi connectivity index (χ3n) is 3.80. The molecule has 0 aliphatic carbocycles. The Labute approximate surface area is 140 Å². The molecule has 0 aliphatic rings. The lowest BCUT2D eigenvalue weighted by molar-refractivity contribution is -0.120. The first-order valence-corrected chi connectivity index (χ1v) is 7.88. The highest BCUT2D eigenvalue weighted by molar-refractivity contribution is 5.96. The number of aromatic amines is 1. The highest BCUT2D eigenvalue weighted by Crippen LogP contribution is 2.14. The minimum absolute atomic E-state index is 0.0244. The zero-order valence-corrected chi connectivity index (χ0v) is 13.2. The third kappa shape index (κ3) is 4.01. The van der Waals surface area contributed by atoms with Gasteiger partial charge in [-0.3, -0.25) is 9.59 Å². The maximum Gasteiger partial charge on any atom is 0.251 e. The van der Waals surface area contributed by atoms with Crippen LogP contribution < -0.4 is 10.6 Å². The molecule has 3 rings (SSSR count). The maximum atomic E-state index is 11.8. The molecule has 2 aromatic carbocycles. The number of hydrogen-bond acceptors (Lipinski definition) is 2. The second-order valence-electron chi connectivity index (χ2n) is 5.55. The monoisotopic (exact) mass is 321 g/mol. The molecule has 24 heavy (non-hydrogen) atoms. The summed E-state index contributed by atoms with van der Waals surface area (Å²) in [5, 5.41) is 6.60. The van der Waals surface area contributed by atoms with Gasteiger partial charge in [0.15, 0.2) is 0 Å². The van der Waals surface area contributed by atoms with E-state index in [1.807, 2.05) is 18.3 Å². The van der Waals surface area contributed by atoms with Gasteiger partial charge in [-0.15, -0.1) is 0 Å². The minimum atomic E-state index is -0.247. The average Bonchev–Trinajstić information content (AvgIpc) is 3.08. The predicted molar refractivity (Wildman–Crippen MR) is 93.8 cm³/mol. The van der Waals surface area contributed by atoms with Crippen LogP contribution in [0.5, 0.6) is 0 Å². The minimum Gasteiger partial charge on any atom is -0.361 e. The lowest BCUT2D eigenvalue weighted by Gasteiger charge is -2.07. The van der Waals surface area contributed by atoms with Gasteiger partial charge in [-0.1, -0.05) is 30.3 Å². The van der Waals surface area contributed by atoms with Crippen molar-refractivity contribution in [1.82, 2.24) is 15.6 Å². The Kier molecular flexibility index (Phi) is 4.91. The van der Waals surface area contributed by atoms with Crippen molar-refractivity contribution in [3.8, 4) is 0 Å². The highest BCUT2D eigenvalue weighted by Gasteiger charge is 2.07. The second kappa shape index (κ2) is 7.46. The van der Waals surface area contributed by atoms with Crippen LogP contribution in [0.3, 0.4) is 0 Å². The topological polar surface area (TPSA) is 74.0 Å². The molecule has 0 saturated heterocycles. The number of carbonyl (C=O) groups excluding carboxylic acids is 2. The quantitative estimate of drug-likeness (QED) is 0.651. The molecular formula is C19H19N3O2. The smallest absolute Gasteiger partial charge is 0.251 e. The van der Waals surface area contributed by atoms with E-state index in [9.17, 15) is 9.59 Å². The summed E-state index contributed by atoms with van der Waals surface area (Å²) in [6.45, 7) is 0.510. The van der Waals surface area contributed by atoms with E-state index in [1.54, 1.807) is 24.3 Å². The summed E-state index contributed by atoms with van der Waals surface area (Å²) in [5.41, 5.74) is 2.79. The number of fused-ring (bicyclic) bond motifs is 1. The van der Waals surface area contributed by atoms with Crippen LogP contribution in [0.4, 0.5) is 0 Å². The third-order valence-corrected chi connectivity index (χ3v) is 3.80. The van der Waals surface area contributed by atoms with E-state index >= 15 is 0 Å². The molecule has 1 aromatic heterocycles. The Morgan fingerprint density at radius 2 is 1.79 bits per heavy atom. The molecule has 3 aromatic rings. The molecule has 3 N–H and O–H groups in total. The number of carbonyl (C=O) groups is 2. The van der Waals surface area contributed by atoms with Gasteiger partial charge in [-0.25, -0.2) is 0 Å². The van der Waals surface area contributed by atoms with Gasteiger partial charge < -0.3 is 15.6 Å². The first-order chi connectivity index (χ1) is 11.7. The van der Waals surface area contributed by atoms with Crippen LogP contribution in [0.25, 0.3) is 10.9 Å². The Balaban J connectivity index is 1.41. The standard InChI is InChI=1S/C19H19N3O2/c23-18(13-22-19(24)16-4-2-1-3-5-16)21-10-8-14-6-7-15-9-11-20-17(15)12-14/h1-7,9,11-12,20H,8,10,13H2,(H,21,23)(H,22,24). The fourth-order valence-electron chi connectivity index (χ4n) is 2.51. The Bertz CT molecular complexity index is 840. The van der Waals surface area contributed by atoms with E-state index in [-0.39, 0.29) is 18.4 Å². The first kappa shape index (κ1) is 15.8. The van der Waals surface area contributed by atoms with E-state index in [4.69, 9.17) is 0 Å². The van der Waals surface area contributed by atoms with Crippen LogP contribution in [-0.4, -0.2) is 29.9 Å². The van der Waals surface area contributed by atoms with Crippen molar-refractivity contribution in [2.45, 2.75) is 6.42 Å². The van der Waals surface area contributed by atoms with Crippen molar-refractivity contribution in [2.75, 3.05) is 13.1 Å². The van der Waals surface area contributed by atoms with Gasteiger partial charge >= 0.3 is 0 Å². The Morgan fingerprint density at radius 3 is 2.62 bits per heavy atom. The van der Waals surface area contributed by atoms with Crippen LogP contribution in [0.1, 0.15) is 15.9 Å². The zero-order valence-electron chi connectivity index (χ0n) is 13.2. The van der Waals surface area contributed by atoms with Crippen molar-refractivity contribution in [3.63, 3.8) is 0 Å². The van der Waals surface area contributed by atoms with E-state index in [0.29, 0.717) is 12.1 Å². The Hall–Kier alpha value is -3.08. The summed E-state index contributed by atoms with van der Waals surface area (Å²) in [6, 6.07) is 17.1. The van der Waals surface area contributed by atoms with Crippen LogP contribution in [0, 0.1) is 0 Å². The number of nitrogens with one attached hydrogen (secondary N) is 3. The molecule has 5 heteroatoms. The van der Waals surface area contributed by atoms with Crippen LogP contribution in [0.15, 0.2) is 60.8 Å². The average molecular weight is 321 g/mol. The molecule has 122 valence electrons. The summed E-state index contributed by atoms with van der Waals surface area (Å²) >= 11 is 0. The van der Waals surface area contributed by atoms with E-state index < -0.39 is 0 Å². The molecular weight excluding hydrogens is 302 g/mol. The number of rotatable bonds is 6. The van der Waals surface area contributed by atoms with Crippen molar-refractivity contribution >= 4 is 22.7 Å². The van der Waals surface area contributed by atoms with E-state index in [2.05, 4.69) is 33.8 Å². The molecule has 1 heterocycles. The van der Waals surface area contributed by atoms with Gasteiger partial charge in [0.1, 0.15) is 0 Å². The van der Waals surface area contributed by atoms with E-state index in [0.717, 1.165) is 17.5 Å². The van der Waals surface area contributed by atoms with E-state index in [1.165, 1.54) is 5.39 Å². The molecule has 0 spiro atoms. The Morgan fingerprint density at radius 1 is 0.958 bits per heavy atom. The summed E-state index contributed by atoms with van der Waals surface area (Å²) in [4.78, 5) is 26.8. The van der Waals surface area contributed by atoms with Gasteiger partial charge in [0, 0.05) is 23.8 Å². The normalized spacial score (nSPS) is 10.5. The number of benzene rings is 2. The fraction of sp³-hybridized carbons (Fsp3) is 0.158. The van der Waals surface area contributed by atoms with Gasteiger partial charge in [0.25, 0.3) is 5.91 Å². The largest absolute Gasteiger partial charge is 0.361 e. The summed E-state index contributed by atoms with van der Waals surface area (Å²) < 4.78 is 0. The molecule has 0 aliphatic heterocycles.